The zero-order valence-electron chi connectivity index (χ0n) is 19.1. The highest BCUT2D eigenvalue weighted by Crippen LogP contribution is 2.29. The lowest BCUT2D eigenvalue weighted by atomic mass is 9.96. The third-order valence-corrected chi connectivity index (χ3v) is 8.56. The molecule has 1 atom stereocenters. The van der Waals surface area contributed by atoms with Gasteiger partial charge in [-0.3, -0.25) is 4.79 Å². The minimum Gasteiger partial charge on any atom is -0.449 e. The third kappa shape index (κ3) is 4.82. The first-order chi connectivity index (χ1) is 15.8. The van der Waals surface area contributed by atoms with Crippen LogP contribution >= 0.6 is 0 Å². The van der Waals surface area contributed by atoms with Crippen LogP contribution < -0.4 is 4.90 Å². The van der Waals surface area contributed by atoms with Crippen LogP contribution in [0.4, 0.5) is 5.69 Å². The lowest BCUT2D eigenvalue weighted by Crippen LogP contribution is -2.39. The highest BCUT2D eigenvalue weighted by molar-refractivity contribution is 7.89. The number of carbonyl (C=O) groups is 2. The van der Waals surface area contributed by atoms with E-state index in [1.165, 1.54) is 28.6 Å². The van der Waals surface area contributed by atoms with Crippen LogP contribution in [-0.2, 0) is 26.0 Å². The van der Waals surface area contributed by atoms with Gasteiger partial charge < -0.3 is 9.64 Å². The van der Waals surface area contributed by atoms with Gasteiger partial charge in [0, 0.05) is 25.3 Å². The molecule has 0 unspecified atom stereocenters. The molecule has 1 heterocycles. The Morgan fingerprint density at radius 2 is 1.70 bits per heavy atom. The van der Waals surface area contributed by atoms with Gasteiger partial charge in [-0.1, -0.05) is 37.5 Å². The highest BCUT2D eigenvalue weighted by atomic mass is 32.2. The van der Waals surface area contributed by atoms with Gasteiger partial charge in [-0.05, 0) is 62.1 Å². The summed E-state index contributed by atoms with van der Waals surface area (Å²) in [7, 11) is -2.01. The predicted octanol–water partition coefficient (Wildman–Crippen LogP) is 3.77. The monoisotopic (exact) mass is 470 g/mol. The quantitative estimate of drug-likeness (QED) is 0.600. The van der Waals surface area contributed by atoms with Crippen molar-refractivity contribution in [2.45, 2.75) is 62.5 Å². The Balaban J connectivity index is 1.40. The summed E-state index contributed by atoms with van der Waals surface area (Å²) < 4.78 is 32.8. The van der Waals surface area contributed by atoms with Crippen molar-refractivity contribution in [1.82, 2.24) is 4.31 Å². The van der Waals surface area contributed by atoms with Gasteiger partial charge in [0.05, 0.1) is 10.5 Å². The van der Waals surface area contributed by atoms with Crippen LogP contribution in [0, 0.1) is 0 Å². The molecule has 0 aromatic heterocycles. The van der Waals surface area contributed by atoms with Crippen LogP contribution in [0.5, 0.6) is 0 Å². The summed E-state index contributed by atoms with van der Waals surface area (Å²) in [6.45, 7) is 2.11. The number of para-hydroxylation sites is 1. The fraction of sp³-hybridized carbons (Fsp3) is 0.440. The molecule has 0 saturated heterocycles. The Kier molecular flexibility index (Phi) is 6.86. The zero-order chi connectivity index (χ0) is 23.6. The molecule has 0 spiro atoms. The Morgan fingerprint density at radius 1 is 1.03 bits per heavy atom. The smallest absolute Gasteiger partial charge is 0.338 e. The van der Waals surface area contributed by atoms with Crippen molar-refractivity contribution in [2.24, 2.45) is 0 Å². The second-order valence-corrected chi connectivity index (χ2v) is 10.8. The van der Waals surface area contributed by atoms with Crippen molar-refractivity contribution in [3.8, 4) is 0 Å². The van der Waals surface area contributed by atoms with Crippen molar-refractivity contribution in [3.63, 3.8) is 0 Å². The molecule has 1 amide bonds. The van der Waals surface area contributed by atoms with Crippen molar-refractivity contribution in [1.29, 1.82) is 0 Å². The molecule has 33 heavy (non-hydrogen) atoms. The average molecular weight is 471 g/mol. The van der Waals surface area contributed by atoms with Gasteiger partial charge in [0.2, 0.25) is 10.0 Å². The first kappa shape index (κ1) is 23.4. The maximum atomic E-state index is 13.0. The lowest BCUT2D eigenvalue weighted by molar-refractivity contribution is -0.126. The molecule has 1 fully saturated rings. The van der Waals surface area contributed by atoms with Gasteiger partial charge in [-0.15, -0.1) is 0 Å². The molecule has 0 radical (unpaired) electrons. The van der Waals surface area contributed by atoms with E-state index in [1.807, 2.05) is 24.3 Å². The minimum atomic E-state index is -3.64. The Hall–Kier alpha value is -2.71. The summed E-state index contributed by atoms with van der Waals surface area (Å²) in [5, 5.41) is 0. The lowest BCUT2D eigenvalue weighted by Gasteiger charge is -2.30. The summed E-state index contributed by atoms with van der Waals surface area (Å²) in [5.74, 6) is -0.936. The molecule has 1 aliphatic carbocycles. The van der Waals surface area contributed by atoms with Crippen molar-refractivity contribution in [3.05, 3.63) is 59.7 Å². The molecular weight excluding hydrogens is 440 g/mol. The zero-order valence-corrected chi connectivity index (χ0v) is 19.9. The van der Waals surface area contributed by atoms with Crippen LogP contribution in [-0.4, -0.2) is 50.3 Å². The van der Waals surface area contributed by atoms with Crippen molar-refractivity contribution in [2.75, 3.05) is 18.5 Å². The maximum Gasteiger partial charge on any atom is 0.338 e. The molecule has 2 aromatic carbocycles. The summed E-state index contributed by atoms with van der Waals surface area (Å²) >= 11 is 0. The number of anilines is 1. The number of carbonyl (C=O) groups excluding carboxylic acids is 2. The fourth-order valence-corrected chi connectivity index (χ4v) is 6.05. The molecule has 176 valence electrons. The topological polar surface area (TPSA) is 84.0 Å². The van der Waals surface area contributed by atoms with Crippen LogP contribution in [0.1, 0.15) is 54.9 Å². The molecule has 2 aromatic rings. The normalized spacial score (nSPS) is 17.6. The summed E-state index contributed by atoms with van der Waals surface area (Å²) in [5.41, 5.74) is 2.15. The third-order valence-electron chi connectivity index (χ3n) is 6.64. The number of nitrogens with zero attached hydrogens (tertiary/aromatic N) is 2. The van der Waals surface area contributed by atoms with E-state index in [-0.39, 0.29) is 22.4 Å². The van der Waals surface area contributed by atoms with Crippen molar-refractivity contribution < 1.29 is 22.7 Å². The molecule has 1 aliphatic heterocycles. The van der Waals surface area contributed by atoms with Crippen LogP contribution in [0.2, 0.25) is 0 Å². The largest absolute Gasteiger partial charge is 0.449 e. The molecular formula is C25H30N2O5S. The average Bonchev–Trinajstić information content (AvgIpc) is 3.27. The molecule has 0 bridgehead atoms. The van der Waals surface area contributed by atoms with Crippen molar-refractivity contribution >= 4 is 27.6 Å². The number of fused-ring (bicyclic) bond motifs is 1. The van der Waals surface area contributed by atoms with Crippen LogP contribution in [0.3, 0.4) is 0 Å². The van der Waals surface area contributed by atoms with E-state index in [2.05, 4.69) is 0 Å². The standard InChI is InChI=1S/C25H30N2O5S/c1-18(24(28)27-17-16-19-8-6-7-11-23(19)27)32-25(29)20-12-14-22(15-13-20)33(30,31)26(2)21-9-4-3-5-10-21/h6-8,11-15,18,21H,3-5,9-10,16-17H2,1-2H3/t18-/m1/s1. The first-order valence-corrected chi connectivity index (χ1v) is 12.9. The second-order valence-electron chi connectivity index (χ2n) is 8.75. The van der Waals surface area contributed by atoms with E-state index in [1.54, 1.807) is 18.9 Å². The molecule has 2 aliphatic rings. The minimum absolute atomic E-state index is 0.0102. The summed E-state index contributed by atoms with van der Waals surface area (Å²) in [6, 6.07) is 13.4. The van der Waals surface area contributed by atoms with E-state index in [9.17, 15) is 18.0 Å². The summed E-state index contributed by atoms with van der Waals surface area (Å²) in [4.78, 5) is 27.2. The predicted molar refractivity (Wildman–Crippen MR) is 126 cm³/mol. The number of ether oxygens (including phenoxy) is 1. The Bertz CT molecular complexity index is 1120. The van der Waals surface area contributed by atoms with E-state index in [4.69, 9.17) is 4.74 Å². The SMILES string of the molecule is C[C@@H](OC(=O)c1ccc(S(=O)(=O)N(C)C2CCCCC2)cc1)C(=O)N1CCc2ccccc21. The molecule has 8 heteroatoms. The fourth-order valence-electron chi connectivity index (χ4n) is 4.64. The molecule has 0 N–H and O–H groups in total. The first-order valence-electron chi connectivity index (χ1n) is 11.5. The Morgan fingerprint density at radius 3 is 2.39 bits per heavy atom. The van der Waals surface area contributed by atoms with Gasteiger partial charge in [0.15, 0.2) is 6.10 Å². The van der Waals surface area contributed by atoms with Crippen LogP contribution in [0.15, 0.2) is 53.4 Å². The highest BCUT2D eigenvalue weighted by Gasteiger charge is 2.31. The molecule has 7 nitrogen and oxygen atoms in total. The van der Waals surface area contributed by atoms with Gasteiger partial charge in [0.25, 0.3) is 5.91 Å². The van der Waals surface area contributed by atoms with E-state index in [0.717, 1.165) is 49.8 Å². The summed E-state index contributed by atoms with van der Waals surface area (Å²) in [6.07, 6.45) is 4.77. The number of rotatable bonds is 6. The maximum absolute atomic E-state index is 13.0. The number of hydrogen-bond donors (Lipinski definition) is 0. The molecule has 4 rings (SSSR count). The van der Waals surface area contributed by atoms with Gasteiger partial charge in [-0.25, -0.2) is 13.2 Å². The van der Waals surface area contributed by atoms with E-state index < -0.39 is 22.1 Å². The van der Waals surface area contributed by atoms with Crippen LogP contribution in [0.25, 0.3) is 0 Å². The van der Waals surface area contributed by atoms with E-state index in [0.29, 0.717) is 6.54 Å². The molecule has 1 saturated carbocycles. The number of benzene rings is 2. The Labute approximate surface area is 195 Å². The van der Waals surface area contributed by atoms with E-state index >= 15 is 0 Å². The number of sulfonamides is 1. The number of esters is 1. The van der Waals surface area contributed by atoms with Gasteiger partial charge in [0.1, 0.15) is 0 Å². The van der Waals surface area contributed by atoms with Gasteiger partial charge in [-0.2, -0.15) is 4.31 Å². The second kappa shape index (κ2) is 9.65. The van der Waals surface area contributed by atoms with Gasteiger partial charge >= 0.3 is 5.97 Å². The number of amides is 1. The number of hydrogen-bond acceptors (Lipinski definition) is 5.